The van der Waals surface area contributed by atoms with Crippen LogP contribution >= 0.6 is 0 Å². The number of aliphatic hydroxyl groups excluding tert-OH is 1. The molecule has 2 atom stereocenters. The van der Waals surface area contributed by atoms with Gasteiger partial charge in [0.05, 0.1) is 17.8 Å². The first kappa shape index (κ1) is 14.9. The third kappa shape index (κ3) is 4.21. The van der Waals surface area contributed by atoms with Crippen molar-refractivity contribution in [1.29, 1.82) is 0 Å². The van der Waals surface area contributed by atoms with Crippen LogP contribution < -0.4 is 5.32 Å². The van der Waals surface area contributed by atoms with Gasteiger partial charge in [0.2, 0.25) is 0 Å². The number of nitrogens with one attached hydrogen (secondary N) is 1. The Hall–Kier alpha value is -0.160. The SMILES string of the molecule is COCC(CCO)NC1CC(C)(C)OC1(C)C. The molecule has 0 bridgehead atoms. The van der Waals surface area contributed by atoms with Gasteiger partial charge in [0, 0.05) is 25.8 Å². The summed E-state index contributed by atoms with van der Waals surface area (Å²) >= 11 is 0. The van der Waals surface area contributed by atoms with Gasteiger partial charge in [0.1, 0.15) is 0 Å². The highest BCUT2D eigenvalue weighted by molar-refractivity contribution is 4.99. The molecule has 0 aromatic rings. The largest absolute Gasteiger partial charge is 0.396 e. The van der Waals surface area contributed by atoms with Gasteiger partial charge in [0.25, 0.3) is 0 Å². The predicted octanol–water partition coefficient (Wildman–Crippen LogP) is 1.32. The maximum Gasteiger partial charge on any atom is 0.0787 e. The number of rotatable bonds is 6. The zero-order chi connectivity index (χ0) is 13.1. The van der Waals surface area contributed by atoms with Gasteiger partial charge in [-0.3, -0.25) is 0 Å². The first-order valence-corrected chi connectivity index (χ1v) is 6.37. The Morgan fingerprint density at radius 1 is 1.41 bits per heavy atom. The van der Waals surface area contributed by atoms with Crippen LogP contribution in [0.1, 0.15) is 40.5 Å². The standard InChI is InChI=1S/C13H27NO3/c1-12(2)8-11(13(3,4)17-12)14-10(6-7-15)9-16-5/h10-11,14-15H,6-9H2,1-5H3. The van der Waals surface area contributed by atoms with E-state index in [4.69, 9.17) is 14.6 Å². The van der Waals surface area contributed by atoms with Crippen molar-refractivity contribution in [1.82, 2.24) is 5.32 Å². The van der Waals surface area contributed by atoms with E-state index >= 15 is 0 Å². The Labute approximate surface area is 105 Å². The van der Waals surface area contributed by atoms with Gasteiger partial charge in [-0.15, -0.1) is 0 Å². The van der Waals surface area contributed by atoms with E-state index in [0.29, 0.717) is 19.1 Å². The lowest BCUT2D eigenvalue weighted by Gasteiger charge is -2.30. The molecule has 1 rings (SSSR count). The molecule has 2 unspecified atom stereocenters. The first-order valence-electron chi connectivity index (χ1n) is 6.37. The summed E-state index contributed by atoms with van der Waals surface area (Å²) in [4.78, 5) is 0. The molecule has 1 saturated heterocycles. The van der Waals surface area contributed by atoms with Crippen molar-refractivity contribution in [3.63, 3.8) is 0 Å². The van der Waals surface area contributed by atoms with E-state index in [1.807, 2.05) is 0 Å². The molecule has 4 nitrogen and oxygen atoms in total. The molecule has 0 radical (unpaired) electrons. The number of hydrogen-bond donors (Lipinski definition) is 2. The summed E-state index contributed by atoms with van der Waals surface area (Å²) < 4.78 is 11.2. The van der Waals surface area contributed by atoms with Crippen LogP contribution in [0.15, 0.2) is 0 Å². The lowest BCUT2D eigenvalue weighted by atomic mass is 9.93. The van der Waals surface area contributed by atoms with Gasteiger partial charge < -0.3 is 19.9 Å². The Bertz CT molecular complexity index is 235. The molecule has 0 aromatic heterocycles. The number of methoxy groups -OCH3 is 1. The van der Waals surface area contributed by atoms with Crippen molar-refractivity contribution in [2.45, 2.75) is 63.8 Å². The van der Waals surface area contributed by atoms with Crippen LogP contribution in [0.4, 0.5) is 0 Å². The molecule has 0 amide bonds. The summed E-state index contributed by atoms with van der Waals surface area (Å²) in [5.41, 5.74) is -0.261. The van der Waals surface area contributed by atoms with Crippen LogP contribution in [-0.2, 0) is 9.47 Å². The molecule has 1 heterocycles. The monoisotopic (exact) mass is 245 g/mol. The van der Waals surface area contributed by atoms with Crippen molar-refractivity contribution in [3.05, 3.63) is 0 Å². The normalized spacial score (nSPS) is 28.2. The number of aliphatic hydroxyl groups is 1. The maximum atomic E-state index is 9.04. The molecular formula is C13H27NO3. The molecule has 0 aliphatic carbocycles. The van der Waals surface area contributed by atoms with Crippen LogP contribution in [-0.4, -0.2) is 48.7 Å². The molecule has 0 saturated carbocycles. The lowest BCUT2D eigenvalue weighted by molar-refractivity contribution is -0.0710. The second-order valence-electron chi connectivity index (χ2n) is 6.05. The average molecular weight is 245 g/mol. The van der Waals surface area contributed by atoms with Crippen molar-refractivity contribution in [2.24, 2.45) is 0 Å². The van der Waals surface area contributed by atoms with Gasteiger partial charge in [-0.25, -0.2) is 0 Å². The van der Waals surface area contributed by atoms with Crippen LogP contribution in [0, 0.1) is 0 Å². The van der Waals surface area contributed by atoms with Gasteiger partial charge in [-0.05, 0) is 40.5 Å². The van der Waals surface area contributed by atoms with Crippen LogP contribution in [0.3, 0.4) is 0 Å². The van der Waals surface area contributed by atoms with Crippen LogP contribution in [0.25, 0.3) is 0 Å². The van der Waals surface area contributed by atoms with E-state index in [0.717, 1.165) is 6.42 Å². The van der Waals surface area contributed by atoms with Crippen LogP contribution in [0.2, 0.25) is 0 Å². The molecule has 4 heteroatoms. The van der Waals surface area contributed by atoms with E-state index in [9.17, 15) is 0 Å². The van der Waals surface area contributed by atoms with E-state index < -0.39 is 0 Å². The minimum atomic E-state index is -0.176. The Morgan fingerprint density at radius 2 is 2.06 bits per heavy atom. The summed E-state index contributed by atoms with van der Waals surface area (Å²) in [5.74, 6) is 0. The first-order chi connectivity index (χ1) is 7.80. The van der Waals surface area contributed by atoms with Crippen molar-refractivity contribution >= 4 is 0 Å². The average Bonchev–Trinajstić information content (AvgIpc) is 2.35. The fraction of sp³-hybridized carbons (Fsp3) is 1.00. The third-order valence-corrected chi connectivity index (χ3v) is 3.36. The van der Waals surface area contributed by atoms with E-state index in [-0.39, 0.29) is 23.9 Å². The topological polar surface area (TPSA) is 50.7 Å². The summed E-state index contributed by atoms with van der Waals surface area (Å²) in [6, 6.07) is 0.482. The second-order valence-corrected chi connectivity index (χ2v) is 6.05. The highest BCUT2D eigenvalue weighted by Gasteiger charge is 2.46. The van der Waals surface area contributed by atoms with E-state index in [1.54, 1.807) is 7.11 Å². The molecule has 1 aliphatic heterocycles. The molecule has 0 aromatic carbocycles. The molecule has 1 fully saturated rings. The molecule has 0 spiro atoms. The van der Waals surface area contributed by atoms with Crippen molar-refractivity contribution in [3.8, 4) is 0 Å². The fourth-order valence-corrected chi connectivity index (χ4v) is 2.68. The molecular weight excluding hydrogens is 218 g/mol. The van der Waals surface area contributed by atoms with Gasteiger partial charge >= 0.3 is 0 Å². The van der Waals surface area contributed by atoms with Gasteiger partial charge in [-0.1, -0.05) is 0 Å². The maximum absolute atomic E-state index is 9.04. The van der Waals surface area contributed by atoms with E-state index in [2.05, 4.69) is 33.0 Å². The second kappa shape index (κ2) is 5.65. The highest BCUT2D eigenvalue weighted by Crippen LogP contribution is 2.37. The minimum absolute atomic E-state index is 0.0853. The summed E-state index contributed by atoms with van der Waals surface area (Å²) in [6.07, 6.45) is 1.69. The molecule has 102 valence electrons. The predicted molar refractivity (Wildman–Crippen MR) is 68.2 cm³/mol. The Balaban J connectivity index is 2.59. The third-order valence-electron chi connectivity index (χ3n) is 3.36. The summed E-state index contributed by atoms with van der Waals surface area (Å²) in [7, 11) is 1.69. The zero-order valence-electron chi connectivity index (χ0n) is 11.7. The molecule has 2 N–H and O–H groups in total. The molecule has 1 aliphatic rings. The number of ether oxygens (including phenoxy) is 2. The van der Waals surface area contributed by atoms with Crippen LogP contribution in [0.5, 0.6) is 0 Å². The number of hydrogen-bond acceptors (Lipinski definition) is 4. The smallest absolute Gasteiger partial charge is 0.0787 e. The lowest BCUT2D eigenvalue weighted by Crippen LogP contribution is -2.49. The fourth-order valence-electron chi connectivity index (χ4n) is 2.68. The summed E-state index contributed by atoms with van der Waals surface area (Å²) in [6.45, 7) is 9.26. The van der Waals surface area contributed by atoms with E-state index in [1.165, 1.54) is 0 Å². The Morgan fingerprint density at radius 3 is 2.47 bits per heavy atom. The summed E-state index contributed by atoms with van der Waals surface area (Å²) in [5, 5.41) is 12.6. The Kier molecular flexibility index (Phi) is 4.95. The molecule has 17 heavy (non-hydrogen) atoms. The van der Waals surface area contributed by atoms with Gasteiger partial charge in [0.15, 0.2) is 0 Å². The van der Waals surface area contributed by atoms with Crippen molar-refractivity contribution in [2.75, 3.05) is 20.3 Å². The highest BCUT2D eigenvalue weighted by atomic mass is 16.5. The zero-order valence-corrected chi connectivity index (χ0v) is 11.7. The quantitative estimate of drug-likeness (QED) is 0.741. The minimum Gasteiger partial charge on any atom is -0.396 e. The van der Waals surface area contributed by atoms with Crippen molar-refractivity contribution < 1.29 is 14.6 Å². The van der Waals surface area contributed by atoms with Gasteiger partial charge in [-0.2, -0.15) is 0 Å².